The average Bonchev–Trinajstić information content (AvgIpc) is 2.39. The molecule has 0 saturated heterocycles. The maximum Gasteiger partial charge on any atom is 0.338 e. The first-order valence-corrected chi connectivity index (χ1v) is 5.78. The van der Waals surface area contributed by atoms with Crippen LogP contribution in [-0.2, 0) is 4.79 Å². The molecule has 4 N–H and O–H groups in total. The average molecular weight is 283 g/mol. The van der Waals surface area contributed by atoms with Crippen LogP contribution in [0.5, 0.6) is 0 Å². The van der Waals surface area contributed by atoms with Gasteiger partial charge in [0.2, 0.25) is 5.91 Å². The van der Waals surface area contributed by atoms with Crippen LogP contribution in [0, 0.1) is 5.82 Å². The highest BCUT2D eigenvalue weighted by Gasteiger charge is 2.12. The van der Waals surface area contributed by atoms with Gasteiger partial charge in [-0.05, 0) is 25.1 Å². The molecule has 0 bridgehead atoms. The summed E-state index contributed by atoms with van der Waals surface area (Å²) in [6.07, 6.45) is 0. The van der Waals surface area contributed by atoms with E-state index < -0.39 is 23.4 Å². The molecule has 1 rings (SSSR count). The molecule has 108 valence electrons. The number of carboxylic acid groups (broad SMARTS) is 1. The highest BCUT2D eigenvalue weighted by atomic mass is 19.1. The monoisotopic (exact) mass is 283 g/mol. The quantitative estimate of drug-likeness (QED) is 0.640. The Hall–Kier alpha value is -2.64. The summed E-state index contributed by atoms with van der Waals surface area (Å²) in [7, 11) is 0. The first-order valence-electron chi connectivity index (χ1n) is 5.78. The second-order valence-electron chi connectivity index (χ2n) is 3.76. The first-order chi connectivity index (χ1) is 9.43. The Balaban J connectivity index is 2.60. The maximum absolute atomic E-state index is 13.1. The smallest absolute Gasteiger partial charge is 0.338 e. The lowest BCUT2D eigenvalue weighted by atomic mass is 10.2. The fourth-order valence-electron chi connectivity index (χ4n) is 1.36. The molecule has 0 heterocycles. The van der Waals surface area contributed by atoms with Crippen LogP contribution in [0.15, 0.2) is 18.2 Å². The van der Waals surface area contributed by atoms with E-state index in [0.29, 0.717) is 6.54 Å². The molecule has 3 amide bonds. The predicted octanol–water partition coefficient (Wildman–Crippen LogP) is 0.781. The molecule has 0 aromatic heterocycles. The third-order valence-corrected chi connectivity index (χ3v) is 2.24. The number of carbonyl (C=O) groups is 3. The zero-order valence-corrected chi connectivity index (χ0v) is 10.7. The lowest BCUT2D eigenvalue weighted by Crippen LogP contribution is -2.38. The summed E-state index contributed by atoms with van der Waals surface area (Å²) < 4.78 is 13.1. The number of halogens is 1. The molecule has 8 heteroatoms. The Kier molecular flexibility index (Phi) is 5.45. The number of nitrogens with one attached hydrogen (secondary N) is 3. The fraction of sp³-hybridized carbons (Fsp3) is 0.250. The zero-order valence-electron chi connectivity index (χ0n) is 10.7. The third-order valence-electron chi connectivity index (χ3n) is 2.24. The molecule has 20 heavy (non-hydrogen) atoms. The lowest BCUT2D eigenvalue weighted by molar-refractivity contribution is -0.119. The van der Waals surface area contributed by atoms with E-state index in [4.69, 9.17) is 5.11 Å². The maximum atomic E-state index is 13.1. The molecule has 0 radical (unpaired) electrons. The number of aromatic carboxylic acids is 1. The van der Waals surface area contributed by atoms with Crippen molar-refractivity contribution < 1.29 is 23.9 Å². The number of amides is 3. The number of urea groups is 1. The van der Waals surface area contributed by atoms with Crippen LogP contribution in [0.25, 0.3) is 0 Å². The molecule has 0 saturated carbocycles. The number of rotatable bonds is 5. The summed E-state index contributed by atoms with van der Waals surface area (Å²) in [5.74, 6) is -2.69. The number of anilines is 1. The second kappa shape index (κ2) is 7.07. The van der Waals surface area contributed by atoms with Crippen molar-refractivity contribution in [3.8, 4) is 0 Å². The summed E-state index contributed by atoms with van der Waals surface area (Å²) in [6, 6.07) is 2.44. The molecule has 1 aromatic carbocycles. The summed E-state index contributed by atoms with van der Waals surface area (Å²) in [6.45, 7) is 1.97. The highest BCUT2D eigenvalue weighted by Crippen LogP contribution is 2.14. The van der Waals surface area contributed by atoms with Gasteiger partial charge in [0.1, 0.15) is 5.82 Å². The number of benzene rings is 1. The molecule has 1 aromatic rings. The first kappa shape index (κ1) is 15.4. The second-order valence-corrected chi connectivity index (χ2v) is 3.76. The Bertz CT molecular complexity index is 533. The van der Waals surface area contributed by atoms with Crippen molar-refractivity contribution in [2.75, 3.05) is 18.4 Å². The van der Waals surface area contributed by atoms with Crippen molar-refractivity contribution in [3.05, 3.63) is 29.6 Å². The Morgan fingerprint density at radius 1 is 1.25 bits per heavy atom. The van der Waals surface area contributed by atoms with Gasteiger partial charge in [-0.1, -0.05) is 0 Å². The van der Waals surface area contributed by atoms with Gasteiger partial charge in [0.15, 0.2) is 0 Å². The van der Waals surface area contributed by atoms with Gasteiger partial charge in [0, 0.05) is 12.2 Å². The largest absolute Gasteiger partial charge is 0.478 e. The van der Waals surface area contributed by atoms with E-state index >= 15 is 0 Å². The lowest BCUT2D eigenvalue weighted by Gasteiger charge is -2.08. The Morgan fingerprint density at radius 3 is 2.55 bits per heavy atom. The van der Waals surface area contributed by atoms with E-state index in [1.807, 2.05) is 0 Å². The molecule has 0 aliphatic rings. The van der Waals surface area contributed by atoms with Gasteiger partial charge in [0.25, 0.3) is 0 Å². The molecular weight excluding hydrogens is 269 g/mol. The van der Waals surface area contributed by atoms with E-state index in [1.54, 1.807) is 6.92 Å². The fourth-order valence-corrected chi connectivity index (χ4v) is 1.36. The minimum Gasteiger partial charge on any atom is -0.478 e. The van der Waals surface area contributed by atoms with Gasteiger partial charge in [-0.2, -0.15) is 0 Å². The number of carbonyl (C=O) groups excluding carboxylic acids is 2. The van der Waals surface area contributed by atoms with Gasteiger partial charge in [-0.25, -0.2) is 14.0 Å². The van der Waals surface area contributed by atoms with Crippen LogP contribution in [0.4, 0.5) is 14.9 Å². The van der Waals surface area contributed by atoms with Crippen molar-refractivity contribution in [1.82, 2.24) is 10.6 Å². The summed E-state index contributed by atoms with van der Waals surface area (Å²) >= 11 is 0. The van der Waals surface area contributed by atoms with E-state index in [0.717, 1.165) is 12.1 Å². The van der Waals surface area contributed by atoms with Crippen LogP contribution < -0.4 is 16.0 Å². The highest BCUT2D eigenvalue weighted by molar-refractivity contribution is 5.94. The zero-order chi connectivity index (χ0) is 15.1. The van der Waals surface area contributed by atoms with Crippen molar-refractivity contribution in [2.24, 2.45) is 0 Å². The minimum atomic E-state index is -1.44. The van der Waals surface area contributed by atoms with Crippen LogP contribution in [0.2, 0.25) is 0 Å². The summed E-state index contributed by atoms with van der Waals surface area (Å²) in [4.78, 5) is 33.3. The topological polar surface area (TPSA) is 108 Å². The van der Waals surface area contributed by atoms with Crippen LogP contribution in [0.1, 0.15) is 17.3 Å². The van der Waals surface area contributed by atoms with Crippen LogP contribution >= 0.6 is 0 Å². The van der Waals surface area contributed by atoms with Crippen LogP contribution in [-0.4, -0.2) is 36.1 Å². The minimum absolute atomic E-state index is 0.109. The molecule has 0 spiro atoms. The molecule has 0 atom stereocenters. The van der Waals surface area contributed by atoms with Gasteiger partial charge < -0.3 is 21.1 Å². The van der Waals surface area contributed by atoms with Crippen molar-refractivity contribution in [1.29, 1.82) is 0 Å². The van der Waals surface area contributed by atoms with Crippen molar-refractivity contribution in [3.63, 3.8) is 0 Å². The van der Waals surface area contributed by atoms with Crippen molar-refractivity contribution in [2.45, 2.75) is 6.92 Å². The van der Waals surface area contributed by atoms with Gasteiger partial charge in [-0.3, -0.25) is 4.79 Å². The standard InChI is InChI=1S/C12H14FN3O4/c1-2-14-10(17)6-15-12(20)16-7-3-4-9(13)8(5-7)11(18)19/h3-5H,2,6H2,1H3,(H,14,17)(H,18,19)(H2,15,16,20). The van der Waals surface area contributed by atoms with Crippen LogP contribution in [0.3, 0.4) is 0 Å². The number of carboxylic acids is 1. The van der Waals surface area contributed by atoms with Gasteiger partial charge in [0.05, 0.1) is 12.1 Å². The summed E-state index contributed by atoms with van der Waals surface area (Å²) in [5, 5.41) is 15.8. The van der Waals surface area contributed by atoms with E-state index in [2.05, 4.69) is 16.0 Å². The van der Waals surface area contributed by atoms with E-state index in [9.17, 15) is 18.8 Å². The predicted molar refractivity (Wildman–Crippen MR) is 69.1 cm³/mol. The van der Waals surface area contributed by atoms with Gasteiger partial charge >= 0.3 is 12.0 Å². The molecular formula is C12H14FN3O4. The molecule has 0 aliphatic heterocycles. The molecule has 0 aliphatic carbocycles. The normalized spacial score (nSPS) is 9.70. The molecule has 7 nitrogen and oxygen atoms in total. The van der Waals surface area contributed by atoms with Crippen molar-refractivity contribution >= 4 is 23.6 Å². The Labute approximate surface area is 114 Å². The molecule has 0 unspecified atom stereocenters. The third kappa shape index (κ3) is 4.56. The number of hydrogen-bond donors (Lipinski definition) is 4. The molecule has 0 fully saturated rings. The SMILES string of the molecule is CCNC(=O)CNC(=O)Nc1ccc(F)c(C(=O)O)c1. The van der Waals surface area contributed by atoms with Gasteiger partial charge in [-0.15, -0.1) is 0 Å². The van der Waals surface area contributed by atoms with E-state index in [-0.39, 0.29) is 18.1 Å². The summed E-state index contributed by atoms with van der Waals surface area (Å²) in [5.41, 5.74) is -0.441. The number of likely N-dealkylation sites (N-methyl/N-ethyl adjacent to an activating group) is 1. The van der Waals surface area contributed by atoms with E-state index in [1.165, 1.54) is 6.07 Å². The Morgan fingerprint density at radius 2 is 1.95 bits per heavy atom. The number of hydrogen-bond acceptors (Lipinski definition) is 3.